The summed E-state index contributed by atoms with van der Waals surface area (Å²) in [5, 5.41) is 2.68. The molecule has 140 valence electrons. The van der Waals surface area contributed by atoms with Gasteiger partial charge in [-0.1, -0.05) is 55.5 Å². The highest BCUT2D eigenvalue weighted by molar-refractivity contribution is 7.22. The molecule has 0 fully saturated rings. The summed E-state index contributed by atoms with van der Waals surface area (Å²) in [4.78, 5) is 20.6. The second-order valence-electron chi connectivity index (χ2n) is 6.73. The largest absolute Gasteiger partial charge is 0.269 e. The van der Waals surface area contributed by atoms with Crippen molar-refractivity contribution in [2.75, 3.05) is 4.90 Å². The second-order valence-corrected chi connectivity index (χ2v) is 8.72. The smallest absolute Gasteiger partial charge is 0.257 e. The fourth-order valence-electron chi connectivity index (χ4n) is 2.91. The molecule has 2 aromatic carbocycles. The van der Waals surface area contributed by atoms with Crippen molar-refractivity contribution in [3.63, 3.8) is 0 Å². The van der Waals surface area contributed by atoms with E-state index in [1.807, 2.05) is 60.0 Å². The number of fused-ring (bicyclic) bond motifs is 1. The van der Waals surface area contributed by atoms with Gasteiger partial charge in [0.05, 0.1) is 15.9 Å². The van der Waals surface area contributed by atoms with Crippen LogP contribution in [0.25, 0.3) is 16.3 Å². The van der Waals surface area contributed by atoms with Crippen LogP contribution in [0.3, 0.4) is 0 Å². The molecule has 0 radical (unpaired) electrons. The predicted octanol–water partition coefficient (Wildman–Crippen LogP) is 6.86. The number of carbonyl (C=O) groups is 1. The normalized spacial score (nSPS) is 11.5. The molecule has 1 amide bonds. The van der Waals surface area contributed by atoms with Gasteiger partial charge < -0.3 is 0 Å². The molecule has 0 saturated carbocycles. The molecule has 0 bridgehead atoms. The van der Waals surface area contributed by atoms with E-state index < -0.39 is 0 Å². The van der Waals surface area contributed by atoms with Gasteiger partial charge in [0.1, 0.15) is 0 Å². The zero-order chi connectivity index (χ0) is 19.5. The van der Waals surface area contributed by atoms with E-state index in [-0.39, 0.29) is 5.91 Å². The van der Waals surface area contributed by atoms with Crippen LogP contribution in [0, 0.1) is 0 Å². The van der Waals surface area contributed by atoms with E-state index in [0.29, 0.717) is 11.0 Å². The molecule has 0 aliphatic heterocycles. The average Bonchev–Trinajstić information content (AvgIpc) is 3.36. The van der Waals surface area contributed by atoms with Crippen LogP contribution in [0.15, 0.2) is 72.1 Å². The molecule has 2 aromatic heterocycles. The third-order valence-electron chi connectivity index (χ3n) is 4.45. The Hall–Kier alpha value is -2.76. The highest BCUT2D eigenvalue weighted by atomic mass is 32.1. The van der Waals surface area contributed by atoms with Crippen LogP contribution < -0.4 is 4.90 Å². The summed E-state index contributed by atoms with van der Waals surface area (Å²) in [6.45, 7) is 4.32. The molecule has 4 aromatic rings. The van der Waals surface area contributed by atoms with Crippen LogP contribution in [-0.4, -0.2) is 10.9 Å². The maximum atomic E-state index is 13.1. The molecule has 28 heavy (non-hydrogen) atoms. The molecule has 0 aliphatic rings. The third kappa shape index (κ3) is 3.91. The van der Waals surface area contributed by atoms with E-state index in [9.17, 15) is 4.79 Å². The Morgan fingerprint density at radius 2 is 1.82 bits per heavy atom. The summed E-state index contributed by atoms with van der Waals surface area (Å²) in [6.07, 6.45) is 3.48. The van der Waals surface area contributed by atoms with Crippen molar-refractivity contribution in [2.45, 2.75) is 19.8 Å². The topological polar surface area (TPSA) is 33.2 Å². The van der Waals surface area contributed by atoms with Gasteiger partial charge in [0.25, 0.3) is 5.91 Å². The van der Waals surface area contributed by atoms with E-state index in [0.717, 1.165) is 20.8 Å². The minimum Gasteiger partial charge on any atom is -0.269 e. The Morgan fingerprint density at radius 1 is 1.04 bits per heavy atom. The molecule has 5 heteroatoms. The zero-order valence-electron chi connectivity index (χ0n) is 15.7. The second kappa shape index (κ2) is 8.09. The van der Waals surface area contributed by atoms with Gasteiger partial charge in [-0.15, -0.1) is 11.3 Å². The Bertz CT molecular complexity index is 1080. The quantitative estimate of drug-likeness (QED) is 0.340. The minimum atomic E-state index is -0.107. The Kier molecular flexibility index (Phi) is 5.37. The van der Waals surface area contributed by atoms with Gasteiger partial charge in [-0.2, -0.15) is 0 Å². The maximum Gasteiger partial charge on any atom is 0.257 e. The van der Waals surface area contributed by atoms with Crippen molar-refractivity contribution >= 4 is 55.7 Å². The lowest BCUT2D eigenvalue weighted by Gasteiger charge is -2.19. The lowest BCUT2D eigenvalue weighted by Crippen LogP contribution is -2.23. The third-order valence-corrected chi connectivity index (χ3v) is 6.30. The van der Waals surface area contributed by atoms with Gasteiger partial charge in [-0.25, -0.2) is 4.98 Å². The van der Waals surface area contributed by atoms with E-state index in [1.165, 1.54) is 16.9 Å². The molecule has 0 saturated heterocycles. The Balaban J connectivity index is 1.74. The van der Waals surface area contributed by atoms with E-state index in [2.05, 4.69) is 26.0 Å². The first kappa shape index (κ1) is 18.6. The van der Waals surface area contributed by atoms with Crippen LogP contribution >= 0.6 is 22.7 Å². The van der Waals surface area contributed by atoms with Crippen LogP contribution in [0.5, 0.6) is 0 Å². The number of carbonyl (C=O) groups excluding carboxylic acids is 1. The summed E-state index contributed by atoms with van der Waals surface area (Å²) in [6, 6.07) is 20.1. The molecule has 0 spiro atoms. The predicted molar refractivity (Wildman–Crippen MR) is 121 cm³/mol. The van der Waals surface area contributed by atoms with Crippen molar-refractivity contribution in [3.8, 4) is 0 Å². The number of thiazole rings is 1. The Morgan fingerprint density at radius 3 is 2.50 bits per heavy atom. The average molecular weight is 405 g/mol. The summed E-state index contributed by atoms with van der Waals surface area (Å²) in [5.74, 6) is 0.337. The number of benzene rings is 2. The first-order valence-corrected chi connectivity index (χ1v) is 10.8. The first-order chi connectivity index (χ1) is 13.6. The summed E-state index contributed by atoms with van der Waals surface area (Å²) < 4.78 is 1.07. The van der Waals surface area contributed by atoms with Crippen LogP contribution in [0.4, 0.5) is 10.8 Å². The minimum absolute atomic E-state index is 0.107. The van der Waals surface area contributed by atoms with Crippen LogP contribution in [-0.2, 0) is 4.79 Å². The molecular weight excluding hydrogens is 384 g/mol. The van der Waals surface area contributed by atoms with E-state index >= 15 is 0 Å². The lowest BCUT2D eigenvalue weighted by atomic mass is 10.0. The van der Waals surface area contributed by atoms with Gasteiger partial charge in [0.2, 0.25) is 0 Å². The SMILES string of the molecule is CC(C)c1ccc(N(C(=O)/C=C/c2cccs2)c2nc3ccccc3s2)cc1. The molecule has 3 nitrogen and oxygen atoms in total. The van der Waals surface area contributed by atoms with E-state index in [4.69, 9.17) is 4.98 Å². The summed E-state index contributed by atoms with van der Waals surface area (Å²) in [5.41, 5.74) is 2.97. The van der Waals surface area contributed by atoms with Crippen LogP contribution in [0.2, 0.25) is 0 Å². The van der Waals surface area contributed by atoms with Crippen molar-refractivity contribution in [3.05, 3.63) is 82.6 Å². The fourth-order valence-corrected chi connectivity index (χ4v) is 4.52. The lowest BCUT2D eigenvalue weighted by molar-refractivity contribution is -0.113. The number of para-hydroxylation sites is 1. The van der Waals surface area contributed by atoms with Crippen LogP contribution in [0.1, 0.15) is 30.2 Å². The number of anilines is 2. The molecule has 0 atom stereocenters. The van der Waals surface area contributed by atoms with Crippen molar-refractivity contribution < 1.29 is 4.79 Å². The number of nitrogens with zero attached hydrogens (tertiary/aromatic N) is 2. The summed E-state index contributed by atoms with van der Waals surface area (Å²) in [7, 11) is 0. The van der Waals surface area contributed by atoms with Gasteiger partial charge in [-0.05, 0) is 53.3 Å². The fraction of sp³-hybridized carbons (Fsp3) is 0.130. The van der Waals surface area contributed by atoms with Gasteiger partial charge >= 0.3 is 0 Å². The molecule has 0 unspecified atom stereocenters. The van der Waals surface area contributed by atoms with Crippen molar-refractivity contribution in [1.82, 2.24) is 4.98 Å². The van der Waals surface area contributed by atoms with Gasteiger partial charge in [0, 0.05) is 11.0 Å². The molecule has 4 rings (SSSR count). The standard InChI is InChI=1S/C23H20N2OS2/c1-16(2)17-9-11-18(12-10-17)25(22(26)14-13-19-6-5-15-27-19)23-24-20-7-3-4-8-21(20)28-23/h3-16H,1-2H3/b14-13+. The number of hydrogen-bond acceptors (Lipinski definition) is 4. The van der Waals surface area contributed by atoms with Gasteiger partial charge in [-0.3, -0.25) is 9.69 Å². The van der Waals surface area contributed by atoms with Gasteiger partial charge in [0.15, 0.2) is 5.13 Å². The zero-order valence-corrected chi connectivity index (χ0v) is 17.3. The Labute approximate surface area is 172 Å². The number of thiophene rings is 1. The highest BCUT2D eigenvalue weighted by Gasteiger charge is 2.20. The summed E-state index contributed by atoms with van der Waals surface area (Å²) >= 11 is 3.13. The monoisotopic (exact) mass is 404 g/mol. The molecule has 2 heterocycles. The molecule has 0 aliphatic carbocycles. The first-order valence-electron chi connectivity index (χ1n) is 9.13. The number of hydrogen-bond donors (Lipinski definition) is 0. The molecular formula is C23H20N2OS2. The molecule has 0 N–H and O–H groups in total. The number of amides is 1. The highest BCUT2D eigenvalue weighted by Crippen LogP contribution is 2.34. The number of aromatic nitrogens is 1. The van der Waals surface area contributed by atoms with E-state index in [1.54, 1.807) is 22.3 Å². The van der Waals surface area contributed by atoms with Crippen molar-refractivity contribution in [1.29, 1.82) is 0 Å². The maximum absolute atomic E-state index is 13.1. The number of rotatable bonds is 5. The van der Waals surface area contributed by atoms with Crippen molar-refractivity contribution in [2.24, 2.45) is 0 Å².